The van der Waals surface area contributed by atoms with E-state index in [-0.39, 0.29) is 42.9 Å². The number of ether oxygens (including phenoxy) is 4. The van der Waals surface area contributed by atoms with Gasteiger partial charge >= 0.3 is 24.5 Å². The van der Waals surface area contributed by atoms with Crippen LogP contribution in [0, 0.1) is 0 Å². The number of nitrogens with zero attached hydrogens (tertiary/aromatic N) is 3. The third kappa shape index (κ3) is 7.98. The number of methoxy groups -OCH3 is 2. The van der Waals surface area contributed by atoms with Crippen molar-refractivity contribution in [1.29, 1.82) is 0 Å². The normalized spacial score (nSPS) is 16.8. The lowest BCUT2D eigenvalue weighted by Crippen LogP contribution is -2.48. The van der Waals surface area contributed by atoms with Gasteiger partial charge in [0.25, 0.3) is 0 Å². The summed E-state index contributed by atoms with van der Waals surface area (Å²) in [7, 11) is 6.20. The lowest BCUT2D eigenvalue weighted by atomic mass is 9.90. The molecule has 0 N–H and O–H groups in total. The van der Waals surface area contributed by atoms with Gasteiger partial charge in [0.2, 0.25) is 0 Å². The molecule has 0 aliphatic carbocycles. The van der Waals surface area contributed by atoms with Crippen molar-refractivity contribution in [2.24, 2.45) is 0 Å². The zero-order chi connectivity index (χ0) is 33.0. The maximum Gasteiger partial charge on any atom is 0.416 e. The highest BCUT2D eigenvalue weighted by molar-refractivity contribution is 5.91. The van der Waals surface area contributed by atoms with E-state index in [1.165, 1.54) is 31.3 Å². The summed E-state index contributed by atoms with van der Waals surface area (Å²) < 4.78 is 103. The molecular weight excluding hydrogens is 600 g/mol. The molecule has 0 aromatic heterocycles. The second kappa shape index (κ2) is 13.8. The number of halogens is 6. The van der Waals surface area contributed by atoms with Gasteiger partial charge in [-0.05, 0) is 64.2 Å². The first-order valence-corrected chi connectivity index (χ1v) is 13.6. The average molecular weight is 636 g/mol. The Bertz CT molecular complexity index is 1300. The summed E-state index contributed by atoms with van der Waals surface area (Å²) >= 11 is 0. The Morgan fingerprint density at radius 1 is 0.909 bits per heavy atom. The summed E-state index contributed by atoms with van der Waals surface area (Å²) in [6.07, 6.45) is -11.8. The van der Waals surface area contributed by atoms with Crippen molar-refractivity contribution in [2.45, 2.75) is 51.2 Å². The molecule has 44 heavy (non-hydrogen) atoms. The molecule has 1 aliphatic heterocycles. The van der Waals surface area contributed by atoms with Crippen molar-refractivity contribution < 1.29 is 54.9 Å². The van der Waals surface area contributed by atoms with Gasteiger partial charge in [0.05, 0.1) is 43.7 Å². The number of rotatable bonds is 9. The molecule has 2 amide bonds. The topological polar surface area (TPSA) is 80.8 Å². The van der Waals surface area contributed by atoms with Gasteiger partial charge in [-0.15, -0.1) is 0 Å². The van der Waals surface area contributed by atoms with Crippen molar-refractivity contribution in [2.75, 3.05) is 53.0 Å². The fourth-order valence-electron chi connectivity index (χ4n) is 4.93. The minimum Gasteiger partial charge on any atom is -0.493 e. The smallest absolute Gasteiger partial charge is 0.416 e. The van der Waals surface area contributed by atoms with Gasteiger partial charge in [-0.3, -0.25) is 9.80 Å². The molecule has 0 spiro atoms. The zero-order valence-electron chi connectivity index (χ0n) is 25.1. The van der Waals surface area contributed by atoms with Crippen LogP contribution >= 0.6 is 0 Å². The lowest BCUT2D eigenvalue weighted by Gasteiger charge is -2.43. The average Bonchev–Trinajstić information content (AvgIpc) is 2.93. The van der Waals surface area contributed by atoms with Gasteiger partial charge in [-0.1, -0.05) is 0 Å². The molecule has 9 nitrogen and oxygen atoms in total. The lowest BCUT2D eigenvalue weighted by molar-refractivity contribution is -0.143. The van der Waals surface area contributed by atoms with Crippen LogP contribution in [0.2, 0.25) is 0 Å². The maximum atomic E-state index is 13.7. The molecule has 1 heterocycles. The van der Waals surface area contributed by atoms with E-state index in [9.17, 15) is 35.9 Å². The highest BCUT2D eigenvalue weighted by Gasteiger charge is 2.42. The molecule has 244 valence electrons. The standard InChI is InChI=1S/C29H35F6N3O6/c1-7-43-27(40)38-17(2)10-22(21-14-24(41-5)25(42-6)15-23(21)38)37(26(39)44-9-8-36(3)4)16-18-11-19(28(30,31)32)13-20(12-18)29(33,34)35/h11-15,17,22H,7-10,16H2,1-6H3. The molecule has 2 atom stereocenters. The van der Waals surface area contributed by atoms with Crippen LogP contribution in [0.5, 0.6) is 11.5 Å². The maximum absolute atomic E-state index is 13.7. The Morgan fingerprint density at radius 2 is 1.48 bits per heavy atom. The monoisotopic (exact) mass is 635 g/mol. The number of carbonyl (C=O) groups is 2. The Kier molecular flexibility index (Phi) is 10.9. The molecule has 3 rings (SSSR count). The van der Waals surface area contributed by atoms with Gasteiger partial charge in [0.1, 0.15) is 6.61 Å². The van der Waals surface area contributed by atoms with Gasteiger partial charge in [-0.2, -0.15) is 26.3 Å². The van der Waals surface area contributed by atoms with Crippen LogP contribution in [0.3, 0.4) is 0 Å². The van der Waals surface area contributed by atoms with Crippen LogP contribution in [0.1, 0.15) is 48.6 Å². The SMILES string of the molecule is CCOC(=O)N1c2cc(OC)c(OC)cc2C(N(Cc2cc(C(F)(F)F)cc(C(F)(F)F)c2)C(=O)OCCN(C)C)CC1C. The van der Waals surface area contributed by atoms with Crippen LogP contribution in [-0.2, 0) is 28.4 Å². The number of benzene rings is 2. The third-order valence-corrected chi connectivity index (χ3v) is 7.00. The van der Waals surface area contributed by atoms with E-state index in [0.29, 0.717) is 24.2 Å². The molecule has 0 fully saturated rings. The number of likely N-dealkylation sites (N-methyl/N-ethyl adjacent to an activating group) is 1. The molecule has 2 unspecified atom stereocenters. The van der Waals surface area contributed by atoms with E-state index >= 15 is 0 Å². The Balaban J connectivity index is 2.22. The van der Waals surface area contributed by atoms with Crippen LogP contribution in [0.15, 0.2) is 30.3 Å². The van der Waals surface area contributed by atoms with Crippen molar-refractivity contribution in [3.8, 4) is 11.5 Å². The number of hydrogen-bond donors (Lipinski definition) is 0. The van der Waals surface area contributed by atoms with E-state index in [4.69, 9.17) is 18.9 Å². The van der Waals surface area contributed by atoms with Gasteiger partial charge in [-0.25, -0.2) is 9.59 Å². The second-order valence-electron chi connectivity index (χ2n) is 10.4. The van der Waals surface area contributed by atoms with E-state index in [1.807, 2.05) is 0 Å². The van der Waals surface area contributed by atoms with Gasteiger partial charge < -0.3 is 23.8 Å². The number of amides is 2. The molecule has 2 aromatic carbocycles. The molecule has 0 saturated heterocycles. The predicted octanol–water partition coefficient (Wildman–Crippen LogP) is 6.74. The first-order chi connectivity index (χ1) is 20.5. The van der Waals surface area contributed by atoms with Crippen LogP contribution in [0.25, 0.3) is 0 Å². The van der Waals surface area contributed by atoms with Crippen LogP contribution in [-0.4, -0.2) is 76.1 Å². The summed E-state index contributed by atoms with van der Waals surface area (Å²) in [4.78, 5) is 30.7. The molecule has 15 heteroatoms. The van der Waals surface area contributed by atoms with Crippen molar-refractivity contribution in [3.05, 3.63) is 52.6 Å². The predicted molar refractivity (Wildman–Crippen MR) is 148 cm³/mol. The molecule has 0 bridgehead atoms. The summed E-state index contributed by atoms with van der Waals surface area (Å²) in [6.45, 7) is 2.90. The first kappa shape index (κ1) is 34.6. The molecule has 0 saturated carbocycles. The number of hydrogen-bond acceptors (Lipinski definition) is 7. The van der Waals surface area contributed by atoms with E-state index < -0.39 is 59.9 Å². The van der Waals surface area contributed by atoms with Crippen molar-refractivity contribution in [1.82, 2.24) is 9.80 Å². The fraction of sp³-hybridized carbons (Fsp3) is 0.517. The summed E-state index contributed by atoms with van der Waals surface area (Å²) in [5.74, 6) is 0.454. The van der Waals surface area contributed by atoms with Gasteiger partial charge in [0, 0.05) is 30.8 Å². The Morgan fingerprint density at radius 3 is 1.98 bits per heavy atom. The Labute approximate surface area is 251 Å². The minimum atomic E-state index is -5.08. The fourth-order valence-corrected chi connectivity index (χ4v) is 4.93. The second-order valence-corrected chi connectivity index (χ2v) is 10.4. The minimum absolute atomic E-state index is 0.0234. The highest BCUT2D eigenvalue weighted by Crippen LogP contribution is 2.47. The Hall–Kier alpha value is -3.88. The zero-order valence-corrected chi connectivity index (χ0v) is 25.1. The first-order valence-electron chi connectivity index (χ1n) is 13.6. The van der Waals surface area contributed by atoms with E-state index in [2.05, 4.69) is 0 Å². The largest absolute Gasteiger partial charge is 0.493 e. The summed E-state index contributed by atoms with van der Waals surface area (Å²) in [5.41, 5.74) is -2.86. The quantitative estimate of drug-likeness (QED) is 0.283. The van der Waals surface area contributed by atoms with E-state index in [0.717, 1.165) is 4.90 Å². The highest BCUT2D eigenvalue weighted by atomic mass is 19.4. The van der Waals surface area contributed by atoms with Crippen LogP contribution in [0.4, 0.5) is 41.6 Å². The third-order valence-electron chi connectivity index (χ3n) is 7.00. The van der Waals surface area contributed by atoms with Crippen molar-refractivity contribution in [3.63, 3.8) is 0 Å². The van der Waals surface area contributed by atoms with Crippen LogP contribution < -0.4 is 14.4 Å². The number of carbonyl (C=O) groups excluding carboxylic acids is 2. The van der Waals surface area contributed by atoms with Gasteiger partial charge in [0.15, 0.2) is 11.5 Å². The summed E-state index contributed by atoms with van der Waals surface area (Å²) in [5, 5.41) is 0. The number of anilines is 1. The molecular formula is C29H35F6N3O6. The molecule has 1 aliphatic rings. The number of alkyl halides is 6. The van der Waals surface area contributed by atoms with Crippen molar-refractivity contribution >= 4 is 17.9 Å². The summed E-state index contributed by atoms with van der Waals surface area (Å²) in [6, 6.07) is 2.56. The molecule has 0 radical (unpaired) electrons. The van der Waals surface area contributed by atoms with E-state index in [1.54, 1.807) is 32.8 Å². The molecule has 2 aromatic rings. The number of fused-ring (bicyclic) bond motifs is 1.